The Morgan fingerprint density at radius 1 is 1.08 bits per heavy atom. The third-order valence-corrected chi connectivity index (χ3v) is 3.33. The molecule has 0 aliphatic carbocycles. The van der Waals surface area contributed by atoms with E-state index in [0.717, 1.165) is 11.3 Å². The second-order valence-electron chi connectivity index (χ2n) is 6.63. The fourth-order valence-corrected chi connectivity index (χ4v) is 2.14. The van der Waals surface area contributed by atoms with Crippen LogP contribution in [-0.4, -0.2) is 22.6 Å². The lowest BCUT2D eigenvalue weighted by Crippen LogP contribution is -2.27. The third-order valence-electron chi connectivity index (χ3n) is 3.33. The van der Waals surface area contributed by atoms with E-state index in [1.165, 1.54) is 0 Å². The van der Waals surface area contributed by atoms with E-state index in [4.69, 9.17) is 4.74 Å². The number of ether oxygens (including phenoxy) is 1. The average molecular weight is 329 g/mol. The zero-order valence-electron chi connectivity index (χ0n) is 14.6. The van der Waals surface area contributed by atoms with E-state index < -0.39 is 11.7 Å². The van der Waals surface area contributed by atoms with Crippen LogP contribution < -0.4 is 10.6 Å². The van der Waals surface area contributed by atoms with Gasteiger partial charge >= 0.3 is 6.09 Å². The quantitative estimate of drug-likeness (QED) is 0.788. The number of carbonyl (C=O) groups excluding carboxylic acids is 2. The van der Waals surface area contributed by atoms with Crippen molar-refractivity contribution < 1.29 is 14.3 Å². The number of amides is 2. The number of rotatable bonds is 3. The zero-order valence-corrected chi connectivity index (χ0v) is 14.6. The number of hydrogen-bond donors (Lipinski definition) is 3. The van der Waals surface area contributed by atoms with Crippen LogP contribution in [0.4, 0.5) is 16.2 Å². The number of hydrogen-bond acceptors (Lipinski definition) is 3. The van der Waals surface area contributed by atoms with Crippen molar-refractivity contribution in [3.8, 4) is 0 Å². The standard InChI is InChI=1S/C18H23N3O3/c1-11-6-7-13(20-17(23)24-18(3,4)5)10-15(11)21-16(22)14-8-9-19-12(14)2/h6-10,19H,1-5H3,(H,20,23)(H,21,22). The Kier molecular flexibility index (Phi) is 4.97. The number of aromatic amines is 1. The highest BCUT2D eigenvalue weighted by Gasteiger charge is 2.17. The first-order chi connectivity index (χ1) is 11.2. The number of aryl methyl sites for hydroxylation is 2. The molecule has 6 heteroatoms. The first-order valence-electron chi connectivity index (χ1n) is 7.72. The lowest BCUT2D eigenvalue weighted by atomic mass is 10.1. The monoisotopic (exact) mass is 329 g/mol. The van der Waals surface area contributed by atoms with Crippen molar-refractivity contribution in [1.82, 2.24) is 4.98 Å². The smallest absolute Gasteiger partial charge is 0.412 e. The highest BCUT2D eigenvalue weighted by Crippen LogP contribution is 2.22. The molecule has 2 rings (SSSR count). The van der Waals surface area contributed by atoms with Crippen molar-refractivity contribution in [1.29, 1.82) is 0 Å². The van der Waals surface area contributed by atoms with Gasteiger partial charge in [0.1, 0.15) is 5.60 Å². The molecule has 1 aromatic carbocycles. The van der Waals surface area contributed by atoms with E-state index in [0.29, 0.717) is 16.9 Å². The molecule has 2 amide bonds. The minimum absolute atomic E-state index is 0.203. The highest BCUT2D eigenvalue weighted by atomic mass is 16.6. The molecule has 0 atom stereocenters. The van der Waals surface area contributed by atoms with Crippen molar-refractivity contribution >= 4 is 23.4 Å². The molecule has 3 N–H and O–H groups in total. The summed E-state index contributed by atoms with van der Waals surface area (Å²) in [6, 6.07) is 7.02. The summed E-state index contributed by atoms with van der Waals surface area (Å²) in [7, 11) is 0. The summed E-state index contributed by atoms with van der Waals surface area (Å²) in [6.45, 7) is 9.12. The predicted molar refractivity (Wildman–Crippen MR) is 94.5 cm³/mol. The number of aromatic nitrogens is 1. The highest BCUT2D eigenvalue weighted by molar-refractivity contribution is 6.05. The van der Waals surface area contributed by atoms with Crippen LogP contribution in [0.15, 0.2) is 30.5 Å². The summed E-state index contributed by atoms with van der Waals surface area (Å²) in [5.74, 6) is -0.203. The Morgan fingerprint density at radius 3 is 2.38 bits per heavy atom. The molecule has 0 unspecified atom stereocenters. The summed E-state index contributed by atoms with van der Waals surface area (Å²) in [5, 5.41) is 5.53. The van der Waals surface area contributed by atoms with Crippen LogP contribution in [0.25, 0.3) is 0 Å². The molecule has 0 aliphatic rings. The van der Waals surface area contributed by atoms with E-state index in [-0.39, 0.29) is 5.91 Å². The van der Waals surface area contributed by atoms with Gasteiger partial charge in [-0.2, -0.15) is 0 Å². The van der Waals surface area contributed by atoms with E-state index in [9.17, 15) is 9.59 Å². The average Bonchev–Trinajstić information content (AvgIpc) is 2.86. The minimum atomic E-state index is -0.572. The lowest BCUT2D eigenvalue weighted by molar-refractivity contribution is 0.0636. The Morgan fingerprint density at radius 2 is 1.79 bits per heavy atom. The fraction of sp³-hybridized carbons (Fsp3) is 0.333. The Hall–Kier alpha value is -2.76. The van der Waals surface area contributed by atoms with E-state index >= 15 is 0 Å². The van der Waals surface area contributed by atoms with E-state index in [1.54, 1.807) is 45.2 Å². The molecule has 0 spiro atoms. The van der Waals surface area contributed by atoms with Crippen LogP contribution in [0.2, 0.25) is 0 Å². The maximum Gasteiger partial charge on any atom is 0.412 e. The number of carbonyl (C=O) groups is 2. The first kappa shape index (κ1) is 17.6. The molecule has 128 valence electrons. The summed E-state index contributed by atoms with van der Waals surface area (Å²) >= 11 is 0. The topological polar surface area (TPSA) is 83.2 Å². The van der Waals surface area contributed by atoms with Crippen molar-refractivity contribution in [2.75, 3.05) is 10.6 Å². The van der Waals surface area contributed by atoms with Gasteiger partial charge in [-0.3, -0.25) is 10.1 Å². The van der Waals surface area contributed by atoms with Gasteiger partial charge in [0.05, 0.1) is 5.56 Å². The molecule has 0 fully saturated rings. The molecule has 0 radical (unpaired) electrons. The maximum atomic E-state index is 12.3. The number of benzene rings is 1. The second kappa shape index (κ2) is 6.78. The Bertz CT molecular complexity index is 757. The van der Waals surface area contributed by atoms with Gasteiger partial charge in [0.2, 0.25) is 0 Å². The molecule has 24 heavy (non-hydrogen) atoms. The molecule has 0 bridgehead atoms. The molecule has 0 saturated carbocycles. The van der Waals surface area contributed by atoms with E-state index in [1.807, 2.05) is 19.9 Å². The van der Waals surface area contributed by atoms with Gasteiger partial charge in [0.25, 0.3) is 5.91 Å². The molecule has 2 aromatic rings. The van der Waals surface area contributed by atoms with Gasteiger partial charge in [-0.05, 0) is 58.4 Å². The van der Waals surface area contributed by atoms with Gasteiger partial charge in [0.15, 0.2) is 0 Å². The van der Waals surface area contributed by atoms with Crippen LogP contribution in [0.1, 0.15) is 42.4 Å². The van der Waals surface area contributed by atoms with Crippen molar-refractivity contribution in [3.63, 3.8) is 0 Å². The number of nitrogens with one attached hydrogen (secondary N) is 3. The molecule has 0 saturated heterocycles. The predicted octanol–water partition coefficient (Wildman–Crippen LogP) is 4.23. The van der Waals surface area contributed by atoms with E-state index in [2.05, 4.69) is 15.6 Å². The fourth-order valence-electron chi connectivity index (χ4n) is 2.14. The molecule has 1 heterocycles. The molecular weight excluding hydrogens is 306 g/mol. The Balaban J connectivity index is 2.13. The molecule has 0 aliphatic heterocycles. The first-order valence-corrected chi connectivity index (χ1v) is 7.72. The summed E-state index contributed by atoms with van der Waals surface area (Å²) in [5.41, 5.74) is 2.89. The largest absolute Gasteiger partial charge is 0.444 e. The van der Waals surface area contributed by atoms with Gasteiger partial charge in [-0.15, -0.1) is 0 Å². The van der Waals surface area contributed by atoms with Crippen molar-refractivity contribution in [2.24, 2.45) is 0 Å². The molecule has 1 aromatic heterocycles. The lowest BCUT2D eigenvalue weighted by Gasteiger charge is -2.20. The van der Waals surface area contributed by atoms with Gasteiger partial charge < -0.3 is 15.0 Å². The summed E-state index contributed by atoms with van der Waals surface area (Å²) < 4.78 is 5.23. The van der Waals surface area contributed by atoms with Gasteiger partial charge in [0, 0.05) is 23.3 Å². The van der Waals surface area contributed by atoms with Crippen LogP contribution in [0.5, 0.6) is 0 Å². The number of anilines is 2. The molecular formula is C18H23N3O3. The second-order valence-corrected chi connectivity index (χ2v) is 6.63. The van der Waals surface area contributed by atoms with Crippen LogP contribution >= 0.6 is 0 Å². The summed E-state index contributed by atoms with van der Waals surface area (Å²) in [4.78, 5) is 27.2. The van der Waals surface area contributed by atoms with Crippen LogP contribution in [0.3, 0.4) is 0 Å². The zero-order chi connectivity index (χ0) is 17.9. The van der Waals surface area contributed by atoms with Crippen LogP contribution in [-0.2, 0) is 4.74 Å². The van der Waals surface area contributed by atoms with Crippen molar-refractivity contribution in [3.05, 3.63) is 47.3 Å². The normalized spacial score (nSPS) is 11.0. The van der Waals surface area contributed by atoms with Gasteiger partial charge in [-0.25, -0.2) is 4.79 Å². The SMILES string of the molecule is Cc1ccc(NC(=O)OC(C)(C)C)cc1NC(=O)c1cc[nH]c1C. The Labute approximate surface area is 141 Å². The minimum Gasteiger partial charge on any atom is -0.444 e. The maximum absolute atomic E-state index is 12.3. The van der Waals surface area contributed by atoms with Crippen molar-refractivity contribution in [2.45, 2.75) is 40.2 Å². The molecule has 6 nitrogen and oxygen atoms in total. The third kappa shape index (κ3) is 4.62. The number of H-pyrrole nitrogens is 1. The van der Waals surface area contributed by atoms with Gasteiger partial charge in [-0.1, -0.05) is 6.07 Å². The van der Waals surface area contributed by atoms with Crippen LogP contribution in [0, 0.1) is 13.8 Å². The summed E-state index contributed by atoms with van der Waals surface area (Å²) in [6.07, 6.45) is 1.18.